The van der Waals surface area contributed by atoms with Crippen molar-refractivity contribution < 1.29 is 18.9 Å². The summed E-state index contributed by atoms with van der Waals surface area (Å²) in [6.45, 7) is 3.42. The largest absolute Gasteiger partial charge is 0.339 e. The fourth-order valence-corrected chi connectivity index (χ4v) is 3.83. The molecule has 2 aromatic heterocycles. The van der Waals surface area contributed by atoms with Crippen molar-refractivity contribution in [3.8, 4) is 11.5 Å². The van der Waals surface area contributed by atoms with Crippen molar-refractivity contribution in [2.45, 2.75) is 31.8 Å². The van der Waals surface area contributed by atoms with Gasteiger partial charge in [0.1, 0.15) is 5.16 Å². The van der Waals surface area contributed by atoms with Crippen molar-refractivity contribution in [3.63, 3.8) is 0 Å². The summed E-state index contributed by atoms with van der Waals surface area (Å²) in [5.74, 6) is 0.364. The minimum absolute atomic E-state index is 0.0760. The van der Waals surface area contributed by atoms with Gasteiger partial charge in [-0.3, -0.25) is 4.57 Å². The van der Waals surface area contributed by atoms with E-state index in [9.17, 15) is 14.4 Å². The van der Waals surface area contributed by atoms with Crippen LogP contribution in [0.25, 0.3) is 11.5 Å². The topological polar surface area (TPSA) is 96.5 Å². The zero-order valence-corrected chi connectivity index (χ0v) is 12.3. The highest BCUT2D eigenvalue weighted by Crippen LogP contribution is 2.60. The first kappa shape index (κ1) is 14.4. The summed E-state index contributed by atoms with van der Waals surface area (Å²) in [6, 6.07) is 1.82. The van der Waals surface area contributed by atoms with Crippen LogP contribution in [0, 0.1) is 0 Å². The second kappa shape index (κ2) is 5.17. The zero-order chi connectivity index (χ0) is 14.1. The Balaban J connectivity index is 2.48. The fourth-order valence-electron chi connectivity index (χ4n) is 2.02. The lowest BCUT2D eigenvalue weighted by Gasteiger charge is -2.28. The lowest BCUT2D eigenvalue weighted by Crippen LogP contribution is -2.26. The van der Waals surface area contributed by atoms with Crippen molar-refractivity contribution in [2.24, 2.45) is 0 Å². The van der Waals surface area contributed by atoms with E-state index in [1.807, 2.05) is 16.8 Å². The highest BCUT2D eigenvalue weighted by atomic mass is 32.1. The molecule has 0 aromatic carbocycles. The predicted octanol–water partition coefficient (Wildman–Crippen LogP) is 2.99. The average molecular weight is 302 g/mol. The van der Waals surface area contributed by atoms with Gasteiger partial charge in [-0.15, -0.1) is 0 Å². The Kier molecular flexibility index (Phi) is 3.92. The fraction of sp³-hybridized carbons (Fsp3) is 0.455. The summed E-state index contributed by atoms with van der Waals surface area (Å²) >= 11 is 1.49. The summed E-state index contributed by atoms with van der Waals surface area (Å²) in [7, 11) is -4.37. The smallest absolute Gasteiger partial charge is 0.334 e. The number of rotatable bonds is 5. The van der Waals surface area contributed by atoms with Gasteiger partial charge in [0.05, 0.1) is 5.56 Å². The standard InChI is InChI=1S/C11H15N2O4PS/c1-3-11(4-2,18(14,15)16)10-12-9(17-13-10)8-5-6-19-7-8/h5-7H,3-4H2,1-2H3,(H2,14,15,16). The molecule has 0 aliphatic heterocycles. The SMILES string of the molecule is CCC(CC)(c1noc(-c2ccsc2)n1)P(=O)(O)O. The lowest BCUT2D eigenvalue weighted by atomic mass is 10.0. The second-order valence-electron chi connectivity index (χ2n) is 4.22. The highest BCUT2D eigenvalue weighted by molar-refractivity contribution is 7.53. The maximum Gasteiger partial charge on any atom is 0.339 e. The quantitative estimate of drug-likeness (QED) is 0.824. The van der Waals surface area contributed by atoms with Gasteiger partial charge < -0.3 is 14.3 Å². The third-order valence-electron chi connectivity index (χ3n) is 3.34. The monoisotopic (exact) mass is 302 g/mol. The van der Waals surface area contributed by atoms with E-state index < -0.39 is 12.8 Å². The molecule has 0 bridgehead atoms. The van der Waals surface area contributed by atoms with Gasteiger partial charge >= 0.3 is 7.60 Å². The molecule has 2 N–H and O–H groups in total. The van der Waals surface area contributed by atoms with Gasteiger partial charge in [-0.1, -0.05) is 19.0 Å². The summed E-state index contributed by atoms with van der Waals surface area (Å²) in [5.41, 5.74) is 0.760. The first-order chi connectivity index (χ1) is 8.94. The van der Waals surface area contributed by atoms with Crippen LogP contribution >= 0.6 is 18.9 Å². The first-order valence-electron chi connectivity index (χ1n) is 5.87. The van der Waals surface area contributed by atoms with Crippen molar-refractivity contribution in [1.29, 1.82) is 0 Å². The molecule has 0 saturated carbocycles. The minimum Gasteiger partial charge on any atom is -0.334 e. The Bertz CT molecular complexity index is 586. The van der Waals surface area contributed by atoms with E-state index in [4.69, 9.17) is 4.52 Å². The molecule has 2 aromatic rings. The third-order valence-corrected chi connectivity index (χ3v) is 5.97. The van der Waals surface area contributed by atoms with E-state index in [2.05, 4.69) is 10.1 Å². The molecule has 19 heavy (non-hydrogen) atoms. The second-order valence-corrected chi connectivity index (χ2v) is 6.94. The molecule has 0 aliphatic carbocycles. The van der Waals surface area contributed by atoms with Crippen molar-refractivity contribution >= 4 is 18.9 Å². The highest BCUT2D eigenvalue weighted by Gasteiger charge is 2.49. The molecule has 0 saturated heterocycles. The molecule has 0 fully saturated rings. The number of thiophene rings is 1. The molecule has 0 aliphatic rings. The van der Waals surface area contributed by atoms with Crippen LogP contribution in [0.3, 0.4) is 0 Å². The summed E-state index contributed by atoms with van der Waals surface area (Å²) in [5, 5.41) is 6.12. The lowest BCUT2D eigenvalue weighted by molar-refractivity contribution is 0.302. The average Bonchev–Trinajstić information content (AvgIpc) is 3.00. The number of aromatic nitrogens is 2. The van der Waals surface area contributed by atoms with Crippen LogP contribution in [0.5, 0.6) is 0 Å². The molecular formula is C11H15N2O4PS. The molecule has 2 heterocycles. The van der Waals surface area contributed by atoms with Gasteiger partial charge in [-0.2, -0.15) is 16.3 Å². The van der Waals surface area contributed by atoms with Gasteiger partial charge in [-0.05, 0) is 24.3 Å². The maximum absolute atomic E-state index is 11.8. The Morgan fingerprint density at radius 1 is 1.42 bits per heavy atom. The van der Waals surface area contributed by atoms with Crippen LogP contribution in [0.4, 0.5) is 0 Å². The van der Waals surface area contributed by atoms with Crippen molar-refractivity contribution in [3.05, 3.63) is 22.7 Å². The normalized spacial score (nSPS) is 12.8. The van der Waals surface area contributed by atoms with E-state index in [0.29, 0.717) is 0 Å². The van der Waals surface area contributed by atoms with Crippen LogP contribution in [0.15, 0.2) is 21.3 Å². The van der Waals surface area contributed by atoms with E-state index in [-0.39, 0.29) is 24.6 Å². The van der Waals surface area contributed by atoms with Crippen molar-refractivity contribution in [1.82, 2.24) is 10.1 Å². The van der Waals surface area contributed by atoms with Crippen LogP contribution < -0.4 is 0 Å². The van der Waals surface area contributed by atoms with Gasteiger partial charge in [0.25, 0.3) is 5.89 Å². The minimum atomic E-state index is -4.37. The number of hydrogen-bond donors (Lipinski definition) is 2. The predicted molar refractivity (Wildman–Crippen MR) is 71.9 cm³/mol. The van der Waals surface area contributed by atoms with Gasteiger partial charge in [0, 0.05) is 5.38 Å². The molecule has 8 heteroatoms. The Morgan fingerprint density at radius 3 is 2.58 bits per heavy atom. The van der Waals surface area contributed by atoms with E-state index in [1.165, 1.54) is 11.3 Å². The van der Waals surface area contributed by atoms with Crippen LogP contribution in [-0.4, -0.2) is 19.9 Å². The van der Waals surface area contributed by atoms with Crippen LogP contribution in [0.2, 0.25) is 0 Å². The van der Waals surface area contributed by atoms with E-state index >= 15 is 0 Å². The molecule has 0 spiro atoms. The first-order valence-corrected chi connectivity index (χ1v) is 8.42. The zero-order valence-electron chi connectivity index (χ0n) is 10.6. The molecule has 104 valence electrons. The third kappa shape index (κ3) is 2.39. The molecular weight excluding hydrogens is 287 g/mol. The van der Waals surface area contributed by atoms with Gasteiger partial charge in [0.15, 0.2) is 5.82 Å². The van der Waals surface area contributed by atoms with Crippen molar-refractivity contribution in [2.75, 3.05) is 0 Å². The van der Waals surface area contributed by atoms with Gasteiger partial charge in [-0.25, -0.2) is 0 Å². The summed E-state index contributed by atoms with van der Waals surface area (Å²) in [6.07, 6.45) is 0.493. The van der Waals surface area contributed by atoms with Gasteiger partial charge in [0.2, 0.25) is 0 Å². The number of nitrogens with zero attached hydrogens (tertiary/aromatic N) is 2. The van der Waals surface area contributed by atoms with Crippen LogP contribution in [0.1, 0.15) is 32.5 Å². The molecule has 0 unspecified atom stereocenters. The Labute approximate surface area is 114 Å². The Hall–Kier alpha value is -1.01. The maximum atomic E-state index is 11.8. The molecule has 0 radical (unpaired) electrons. The molecule has 0 atom stereocenters. The summed E-state index contributed by atoms with van der Waals surface area (Å²) in [4.78, 5) is 23.4. The molecule has 6 nitrogen and oxygen atoms in total. The van der Waals surface area contributed by atoms with E-state index in [0.717, 1.165) is 5.56 Å². The van der Waals surface area contributed by atoms with E-state index in [1.54, 1.807) is 13.8 Å². The summed E-state index contributed by atoms with van der Waals surface area (Å²) < 4.78 is 16.9. The molecule has 0 amide bonds. The number of hydrogen-bond acceptors (Lipinski definition) is 5. The van der Waals surface area contributed by atoms with Crippen LogP contribution in [-0.2, 0) is 9.72 Å². The molecule has 2 rings (SSSR count). The Morgan fingerprint density at radius 2 is 2.11 bits per heavy atom.